The second-order valence-corrected chi connectivity index (χ2v) is 5.80. The van der Waals surface area contributed by atoms with Gasteiger partial charge in [-0.1, -0.05) is 24.3 Å². The van der Waals surface area contributed by atoms with E-state index >= 15 is 0 Å². The topological polar surface area (TPSA) is 98.5 Å². The zero-order chi connectivity index (χ0) is 21.6. The Bertz CT molecular complexity index is 957. The number of nitro groups is 1. The number of alkyl halides is 3. The van der Waals surface area contributed by atoms with Crippen LogP contribution in [0.15, 0.2) is 54.6 Å². The molecule has 2 rings (SSSR count). The Kier molecular flexibility index (Phi) is 6.71. The van der Waals surface area contributed by atoms with Crippen molar-refractivity contribution in [2.75, 3.05) is 5.32 Å². The number of esters is 1. The summed E-state index contributed by atoms with van der Waals surface area (Å²) in [6, 6.07) is 9.73. The Morgan fingerprint density at radius 2 is 1.86 bits per heavy atom. The van der Waals surface area contributed by atoms with Crippen molar-refractivity contribution < 1.29 is 32.4 Å². The number of carbonyl (C=O) groups is 2. The third-order valence-corrected chi connectivity index (χ3v) is 3.65. The van der Waals surface area contributed by atoms with Crippen LogP contribution in [0, 0.1) is 10.1 Å². The van der Waals surface area contributed by atoms with Crippen LogP contribution in [0.5, 0.6) is 0 Å². The minimum atomic E-state index is -4.52. The number of nitrogens with zero attached hydrogens (tertiary/aromatic N) is 1. The molecule has 0 radical (unpaired) electrons. The number of ether oxygens (including phenoxy) is 1. The second kappa shape index (κ2) is 9.00. The number of rotatable bonds is 6. The van der Waals surface area contributed by atoms with Crippen LogP contribution in [0.25, 0.3) is 6.08 Å². The van der Waals surface area contributed by atoms with Crippen molar-refractivity contribution in [1.82, 2.24) is 0 Å². The van der Waals surface area contributed by atoms with Gasteiger partial charge in [0.05, 0.1) is 10.5 Å². The monoisotopic (exact) mass is 408 g/mol. The summed E-state index contributed by atoms with van der Waals surface area (Å²) in [7, 11) is 0. The molecule has 7 nitrogen and oxygen atoms in total. The minimum Gasteiger partial charge on any atom is -0.449 e. The highest BCUT2D eigenvalue weighted by molar-refractivity contribution is 5.98. The van der Waals surface area contributed by atoms with Crippen molar-refractivity contribution in [3.8, 4) is 0 Å². The number of para-hydroxylation sites is 2. The summed E-state index contributed by atoms with van der Waals surface area (Å²) < 4.78 is 42.9. The molecule has 0 unspecified atom stereocenters. The number of nitro benzene ring substituents is 1. The van der Waals surface area contributed by atoms with Crippen LogP contribution in [0.3, 0.4) is 0 Å². The molecule has 0 bridgehead atoms. The molecular formula is C19H15F3N2O5. The number of hydrogen-bond donors (Lipinski definition) is 1. The summed E-state index contributed by atoms with van der Waals surface area (Å²) in [5.74, 6) is -1.77. The molecule has 1 N–H and O–H groups in total. The molecule has 0 saturated carbocycles. The zero-order valence-corrected chi connectivity index (χ0v) is 15.0. The predicted octanol–water partition coefficient (Wildman–Crippen LogP) is 4.20. The highest BCUT2D eigenvalue weighted by Gasteiger charge is 2.30. The number of hydrogen-bond acceptors (Lipinski definition) is 5. The van der Waals surface area contributed by atoms with Gasteiger partial charge in [0.1, 0.15) is 5.69 Å². The lowest BCUT2D eigenvalue weighted by Gasteiger charge is -2.12. The molecule has 2 aromatic carbocycles. The third kappa shape index (κ3) is 6.16. The lowest BCUT2D eigenvalue weighted by molar-refractivity contribution is -0.383. The van der Waals surface area contributed by atoms with Crippen LogP contribution in [0.1, 0.15) is 18.1 Å². The van der Waals surface area contributed by atoms with E-state index in [9.17, 15) is 32.9 Å². The standard InChI is InChI=1S/C19H15F3N2O5/c1-12(18(26)23-15-7-2-3-8-16(15)24(27)28)29-17(25)10-9-13-5-4-6-14(11-13)19(20,21)22/h2-12H,1H3,(H,23,26)/b10-9+/t12-/m0/s1. The summed E-state index contributed by atoms with van der Waals surface area (Å²) in [5, 5.41) is 13.2. The summed E-state index contributed by atoms with van der Waals surface area (Å²) >= 11 is 0. The highest BCUT2D eigenvalue weighted by Crippen LogP contribution is 2.29. The number of amides is 1. The predicted molar refractivity (Wildman–Crippen MR) is 97.8 cm³/mol. The fourth-order valence-electron chi connectivity index (χ4n) is 2.22. The van der Waals surface area contributed by atoms with Gasteiger partial charge < -0.3 is 10.1 Å². The Balaban J connectivity index is 1.99. The first-order valence-electron chi connectivity index (χ1n) is 8.18. The first-order valence-corrected chi connectivity index (χ1v) is 8.18. The van der Waals surface area contributed by atoms with Gasteiger partial charge in [0.25, 0.3) is 11.6 Å². The molecular weight excluding hydrogens is 393 g/mol. The van der Waals surface area contributed by atoms with Gasteiger partial charge in [-0.2, -0.15) is 13.2 Å². The van der Waals surface area contributed by atoms with Crippen molar-refractivity contribution in [3.63, 3.8) is 0 Å². The molecule has 1 atom stereocenters. The largest absolute Gasteiger partial charge is 0.449 e. The van der Waals surface area contributed by atoms with Gasteiger partial charge in [0.2, 0.25) is 0 Å². The normalized spacial score (nSPS) is 12.4. The smallest absolute Gasteiger partial charge is 0.416 e. The van der Waals surface area contributed by atoms with Gasteiger partial charge in [-0.25, -0.2) is 4.79 Å². The molecule has 0 fully saturated rings. The summed E-state index contributed by atoms with van der Waals surface area (Å²) in [4.78, 5) is 34.2. The van der Waals surface area contributed by atoms with Crippen molar-refractivity contribution in [1.29, 1.82) is 0 Å². The average Bonchev–Trinajstić information content (AvgIpc) is 2.66. The van der Waals surface area contributed by atoms with Crippen LogP contribution in [0.2, 0.25) is 0 Å². The maximum Gasteiger partial charge on any atom is 0.416 e. The number of halogens is 3. The lowest BCUT2D eigenvalue weighted by Crippen LogP contribution is -2.29. The average molecular weight is 408 g/mol. The summed E-state index contributed by atoms with van der Waals surface area (Å²) in [6.45, 7) is 1.25. The first-order chi connectivity index (χ1) is 13.6. The Labute approximate surface area is 162 Å². The van der Waals surface area contributed by atoms with Gasteiger partial charge in [0, 0.05) is 12.1 Å². The second-order valence-electron chi connectivity index (χ2n) is 5.80. The molecule has 0 aliphatic heterocycles. The number of benzene rings is 2. The molecule has 0 saturated heterocycles. The van der Waals surface area contributed by atoms with E-state index in [0.717, 1.165) is 24.3 Å². The van der Waals surface area contributed by atoms with Crippen LogP contribution in [-0.2, 0) is 20.5 Å². The van der Waals surface area contributed by atoms with Crippen molar-refractivity contribution in [2.24, 2.45) is 0 Å². The fourth-order valence-corrected chi connectivity index (χ4v) is 2.22. The molecule has 0 aliphatic rings. The Morgan fingerprint density at radius 3 is 2.52 bits per heavy atom. The molecule has 1 amide bonds. The van der Waals surface area contributed by atoms with E-state index in [1.165, 1.54) is 43.3 Å². The quantitative estimate of drug-likeness (QED) is 0.334. The maximum atomic E-state index is 12.7. The van der Waals surface area contributed by atoms with Crippen molar-refractivity contribution in [2.45, 2.75) is 19.2 Å². The Morgan fingerprint density at radius 1 is 1.17 bits per heavy atom. The molecule has 10 heteroatoms. The molecule has 29 heavy (non-hydrogen) atoms. The highest BCUT2D eigenvalue weighted by atomic mass is 19.4. The molecule has 0 spiro atoms. The third-order valence-electron chi connectivity index (χ3n) is 3.65. The lowest BCUT2D eigenvalue weighted by atomic mass is 10.1. The zero-order valence-electron chi connectivity index (χ0n) is 15.0. The van der Waals surface area contributed by atoms with Gasteiger partial charge in [-0.3, -0.25) is 14.9 Å². The Hall–Kier alpha value is -3.69. The molecule has 0 aliphatic carbocycles. The molecule has 0 heterocycles. The summed E-state index contributed by atoms with van der Waals surface area (Å²) in [5.41, 5.74) is -1.15. The minimum absolute atomic E-state index is 0.0649. The van der Waals surface area contributed by atoms with Crippen LogP contribution in [-0.4, -0.2) is 22.9 Å². The SMILES string of the molecule is C[C@H](OC(=O)/C=C/c1cccc(C(F)(F)F)c1)C(=O)Nc1ccccc1[N+](=O)[O-]. The van der Waals surface area contributed by atoms with Crippen LogP contribution in [0.4, 0.5) is 24.5 Å². The van der Waals surface area contributed by atoms with E-state index in [4.69, 9.17) is 4.74 Å². The van der Waals surface area contributed by atoms with E-state index in [0.29, 0.717) is 0 Å². The van der Waals surface area contributed by atoms with Crippen LogP contribution >= 0.6 is 0 Å². The number of anilines is 1. The van der Waals surface area contributed by atoms with Crippen LogP contribution < -0.4 is 5.32 Å². The fraction of sp³-hybridized carbons (Fsp3) is 0.158. The number of nitrogens with one attached hydrogen (secondary N) is 1. The number of carbonyl (C=O) groups excluding carboxylic acids is 2. The molecule has 2 aromatic rings. The van der Waals surface area contributed by atoms with Crippen molar-refractivity contribution in [3.05, 3.63) is 75.8 Å². The maximum absolute atomic E-state index is 12.7. The van der Waals surface area contributed by atoms with Gasteiger partial charge >= 0.3 is 12.1 Å². The molecule has 0 aromatic heterocycles. The van der Waals surface area contributed by atoms with E-state index in [1.54, 1.807) is 0 Å². The summed E-state index contributed by atoms with van der Waals surface area (Å²) in [6.07, 6.45) is -3.82. The molecule has 152 valence electrons. The van der Waals surface area contributed by atoms with E-state index in [-0.39, 0.29) is 16.9 Å². The van der Waals surface area contributed by atoms with E-state index in [1.807, 2.05) is 0 Å². The first kappa shape index (κ1) is 21.6. The van der Waals surface area contributed by atoms with Gasteiger partial charge in [0.15, 0.2) is 6.10 Å². The van der Waals surface area contributed by atoms with E-state index in [2.05, 4.69) is 5.32 Å². The van der Waals surface area contributed by atoms with Gasteiger partial charge in [-0.05, 0) is 36.8 Å². The van der Waals surface area contributed by atoms with E-state index < -0.39 is 34.6 Å². The van der Waals surface area contributed by atoms with Crippen molar-refractivity contribution >= 4 is 29.3 Å². The van der Waals surface area contributed by atoms with Gasteiger partial charge in [-0.15, -0.1) is 0 Å².